The van der Waals surface area contributed by atoms with Crippen LogP contribution in [-0.4, -0.2) is 6.29 Å². The van der Waals surface area contributed by atoms with Crippen molar-refractivity contribution in [2.75, 3.05) is 0 Å². The maximum Gasteiger partial charge on any atom is 0.116 e. The lowest BCUT2D eigenvalue weighted by atomic mass is 10.0. The molecule has 0 amide bonds. The molecule has 1 nitrogen and oxygen atoms in total. The van der Waals surface area contributed by atoms with Crippen molar-refractivity contribution in [3.63, 3.8) is 0 Å². The first kappa shape index (κ1) is 5.80. The molecule has 46 valence electrons. The zero-order valence-corrected chi connectivity index (χ0v) is 5.26. The molecule has 2 saturated carbocycles. The summed E-state index contributed by atoms with van der Waals surface area (Å²) in [5.74, 6) is 2.46. The van der Waals surface area contributed by atoms with Gasteiger partial charge in [-0.1, -0.05) is 0 Å². The van der Waals surface area contributed by atoms with Crippen LogP contribution in [0.15, 0.2) is 0 Å². The first-order valence-corrected chi connectivity index (χ1v) is 3.28. The van der Waals surface area contributed by atoms with Gasteiger partial charge in [0.05, 0.1) is 0 Å². The van der Waals surface area contributed by atoms with E-state index in [9.17, 15) is 0 Å². The molecule has 0 aromatic carbocycles. The highest BCUT2D eigenvalue weighted by Crippen LogP contribution is 2.55. The van der Waals surface area contributed by atoms with Gasteiger partial charge in [-0.15, -0.1) is 0 Å². The Morgan fingerprint density at radius 3 is 1.75 bits per heavy atom. The Labute approximate surface area is 50.1 Å². The lowest BCUT2D eigenvalue weighted by Crippen LogP contribution is -1.93. The third kappa shape index (κ3) is 1.09. The summed E-state index contributed by atoms with van der Waals surface area (Å²) < 4.78 is 0. The zero-order valence-electron chi connectivity index (χ0n) is 5.26. The lowest BCUT2D eigenvalue weighted by Gasteiger charge is -2.04. The van der Waals surface area contributed by atoms with Crippen LogP contribution >= 0.6 is 0 Å². The molecule has 0 heterocycles. The Balaban J connectivity index is 0.0000000960. The van der Waals surface area contributed by atoms with Crippen molar-refractivity contribution in [2.24, 2.45) is 11.8 Å². The number of aldehydes is 1. The Hall–Kier alpha value is -0.330. The molecule has 2 unspecified atom stereocenters. The van der Waals surface area contributed by atoms with Crippen molar-refractivity contribution >= 4 is 6.29 Å². The van der Waals surface area contributed by atoms with E-state index in [1.165, 1.54) is 18.8 Å². The predicted octanol–water partition coefficient (Wildman–Crippen LogP) is 1.62. The van der Waals surface area contributed by atoms with Crippen molar-refractivity contribution in [2.45, 2.75) is 26.2 Å². The third-order valence-corrected chi connectivity index (χ3v) is 1.98. The molecular weight excluding hydrogens is 100 g/mol. The minimum absolute atomic E-state index is 0.750. The molecule has 0 aromatic heterocycles. The molecule has 2 rings (SSSR count). The largest absolute Gasteiger partial charge is 0.304 e. The van der Waals surface area contributed by atoms with E-state index < -0.39 is 0 Å². The second-order valence-electron chi connectivity index (χ2n) is 2.57. The molecule has 0 spiro atoms. The van der Waals surface area contributed by atoms with E-state index in [4.69, 9.17) is 4.79 Å². The van der Waals surface area contributed by atoms with Crippen molar-refractivity contribution in [1.82, 2.24) is 0 Å². The molecule has 8 heavy (non-hydrogen) atoms. The molecule has 0 radical (unpaired) electrons. The van der Waals surface area contributed by atoms with Crippen LogP contribution in [0.3, 0.4) is 0 Å². The number of hydrogen-bond acceptors (Lipinski definition) is 1. The summed E-state index contributed by atoms with van der Waals surface area (Å²) >= 11 is 0. The minimum Gasteiger partial charge on any atom is -0.304 e. The van der Waals surface area contributed by atoms with Crippen LogP contribution in [0, 0.1) is 11.8 Å². The molecule has 1 heteroatoms. The molecule has 0 bridgehead atoms. The smallest absolute Gasteiger partial charge is 0.116 e. The summed E-state index contributed by atoms with van der Waals surface area (Å²) in [6, 6.07) is 0. The van der Waals surface area contributed by atoms with Gasteiger partial charge in [0, 0.05) is 0 Å². The van der Waals surface area contributed by atoms with Gasteiger partial charge in [-0.2, -0.15) is 0 Å². The van der Waals surface area contributed by atoms with Gasteiger partial charge < -0.3 is 4.79 Å². The number of carbonyl (C=O) groups is 1. The van der Waals surface area contributed by atoms with E-state index in [2.05, 4.69) is 0 Å². The van der Waals surface area contributed by atoms with Gasteiger partial charge in [-0.3, -0.25) is 0 Å². The molecule has 2 aliphatic carbocycles. The van der Waals surface area contributed by atoms with Crippen molar-refractivity contribution in [1.29, 1.82) is 0 Å². The highest BCUT2D eigenvalue weighted by molar-refractivity contribution is 5.44. The molecule has 0 saturated heterocycles. The summed E-state index contributed by atoms with van der Waals surface area (Å²) in [4.78, 5) is 8.81. The van der Waals surface area contributed by atoms with Gasteiger partial charge in [0.15, 0.2) is 0 Å². The lowest BCUT2D eigenvalue weighted by molar-refractivity contribution is -0.106. The fourth-order valence-electron chi connectivity index (χ4n) is 1.18. The Morgan fingerprint density at radius 2 is 1.75 bits per heavy atom. The van der Waals surface area contributed by atoms with Crippen LogP contribution in [-0.2, 0) is 4.79 Å². The maximum atomic E-state index is 8.81. The molecular formula is C7H12O. The van der Waals surface area contributed by atoms with Gasteiger partial charge in [0.1, 0.15) is 6.29 Å². The van der Waals surface area contributed by atoms with E-state index in [0.717, 1.165) is 6.29 Å². The molecule has 0 N–H and O–H groups in total. The van der Waals surface area contributed by atoms with Crippen LogP contribution in [0.5, 0.6) is 0 Å². The summed E-state index contributed by atoms with van der Waals surface area (Å²) in [7, 11) is 0. The number of carbonyl (C=O) groups excluding carboxylic acids is 1. The fourth-order valence-corrected chi connectivity index (χ4v) is 1.18. The first-order valence-electron chi connectivity index (χ1n) is 3.28. The number of hydrogen-bond donors (Lipinski definition) is 0. The highest BCUT2D eigenvalue weighted by Gasteiger charge is 2.44. The van der Waals surface area contributed by atoms with Crippen LogP contribution in [0.25, 0.3) is 0 Å². The third-order valence-electron chi connectivity index (χ3n) is 1.98. The zero-order chi connectivity index (χ0) is 5.98. The fraction of sp³-hybridized carbons (Fsp3) is 0.857. The van der Waals surface area contributed by atoms with Crippen LogP contribution < -0.4 is 0 Å². The number of rotatable bonds is 0. The second kappa shape index (κ2) is 2.29. The van der Waals surface area contributed by atoms with Gasteiger partial charge in [-0.25, -0.2) is 0 Å². The normalized spacial score (nSPS) is 37.6. The average Bonchev–Trinajstić information content (AvgIpc) is 2.16. The van der Waals surface area contributed by atoms with Gasteiger partial charge in [0.2, 0.25) is 0 Å². The van der Waals surface area contributed by atoms with Crippen molar-refractivity contribution in [3.8, 4) is 0 Å². The maximum absolute atomic E-state index is 8.81. The average molecular weight is 112 g/mol. The van der Waals surface area contributed by atoms with Gasteiger partial charge >= 0.3 is 0 Å². The molecule has 0 aliphatic heterocycles. The van der Waals surface area contributed by atoms with E-state index in [-0.39, 0.29) is 0 Å². The molecule has 0 aromatic rings. The molecule has 2 aliphatic rings. The molecule has 2 atom stereocenters. The summed E-state index contributed by atoms with van der Waals surface area (Å²) in [6.07, 6.45) is 5.45. The minimum atomic E-state index is 0.750. The van der Waals surface area contributed by atoms with Crippen molar-refractivity contribution < 1.29 is 4.79 Å². The highest BCUT2D eigenvalue weighted by atomic mass is 16.1. The molecule has 2 fully saturated rings. The van der Waals surface area contributed by atoms with Gasteiger partial charge in [-0.05, 0) is 38.0 Å². The van der Waals surface area contributed by atoms with Crippen LogP contribution in [0.1, 0.15) is 26.2 Å². The van der Waals surface area contributed by atoms with Gasteiger partial charge in [0.25, 0.3) is 0 Å². The summed E-state index contributed by atoms with van der Waals surface area (Å²) in [5.41, 5.74) is 0. The summed E-state index contributed by atoms with van der Waals surface area (Å²) in [5, 5.41) is 0. The summed E-state index contributed by atoms with van der Waals surface area (Å²) in [6.45, 7) is 1.44. The van der Waals surface area contributed by atoms with E-state index >= 15 is 0 Å². The Kier molecular flexibility index (Phi) is 1.66. The van der Waals surface area contributed by atoms with Crippen LogP contribution in [0.2, 0.25) is 0 Å². The number of fused-ring (bicyclic) bond motifs is 1. The Bertz CT molecular complexity index is 76.4. The Morgan fingerprint density at radius 1 is 1.38 bits per heavy atom. The second-order valence-corrected chi connectivity index (χ2v) is 2.57. The first-order chi connectivity index (χ1) is 3.88. The quantitative estimate of drug-likeness (QED) is 0.435. The SMILES string of the molecule is C1CC2CC12.CC=O. The topological polar surface area (TPSA) is 17.1 Å². The van der Waals surface area contributed by atoms with Crippen molar-refractivity contribution in [3.05, 3.63) is 0 Å². The predicted molar refractivity (Wildman–Crippen MR) is 32.6 cm³/mol. The van der Waals surface area contributed by atoms with E-state index in [1.54, 1.807) is 19.3 Å². The van der Waals surface area contributed by atoms with E-state index in [0.29, 0.717) is 0 Å². The van der Waals surface area contributed by atoms with Crippen LogP contribution in [0.4, 0.5) is 0 Å². The monoisotopic (exact) mass is 112 g/mol. The standard InChI is InChI=1S/C5H8.C2H4O/c1-2-5-3-4(1)5;1-2-3/h4-5H,1-3H2;2H,1H3. The van der Waals surface area contributed by atoms with E-state index in [1.807, 2.05) is 0 Å².